The molecule has 0 spiro atoms. The molecule has 0 aliphatic carbocycles. The number of amides is 1. The van der Waals surface area contributed by atoms with Crippen LogP contribution in [-0.4, -0.2) is 32.6 Å². The lowest BCUT2D eigenvalue weighted by Gasteiger charge is -2.23. The van der Waals surface area contributed by atoms with Crippen LogP contribution in [0.5, 0.6) is 0 Å². The molecule has 1 unspecified atom stereocenters. The summed E-state index contributed by atoms with van der Waals surface area (Å²) in [5.74, 6) is 0.834. The Morgan fingerprint density at radius 1 is 1.61 bits per heavy atom. The summed E-state index contributed by atoms with van der Waals surface area (Å²) in [6.07, 6.45) is 5.06. The first kappa shape index (κ1) is 12.3. The molecule has 0 bridgehead atoms. The van der Waals surface area contributed by atoms with E-state index in [1.54, 1.807) is 29.2 Å². The van der Waals surface area contributed by atoms with Crippen LogP contribution in [0.1, 0.15) is 25.1 Å². The van der Waals surface area contributed by atoms with Crippen LogP contribution in [0.15, 0.2) is 35.5 Å². The number of rotatable bonds is 5. The van der Waals surface area contributed by atoms with E-state index in [4.69, 9.17) is 4.42 Å². The normalized spacial score (nSPS) is 12.3. The lowest BCUT2D eigenvalue weighted by atomic mass is 10.2. The summed E-state index contributed by atoms with van der Waals surface area (Å²) in [5.41, 5.74) is 0. The predicted octanol–water partition coefficient (Wildman–Crippen LogP) is 1.48. The Labute approximate surface area is 105 Å². The molecule has 0 aromatic carbocycles. The molecule has 96 valence electrons. The summed E-state index contributed by atoms with van der Waals surface area (Å²) in [7, 11) is 1.77. The Morgan fingerprint density at radius 2 is 2.44 bits per heavy atom. The van der Waals surface area contributed by atoms with Gasteiger partial charge in [0.1, 0.15) is 18.4 Å². The molecule has 0 saturated carbocycles. The molecule has 0 radical (unpaired) electrons. The third-order valence-corrected chi connectivity index (χ3v) is 2.95. The Bertz CT molecular complexity index is 478. The molecule has 1 atom stereocenters. The number of carbonyl (C=O) groups is 1. The number of furan rings is 1. The first-order chi connectivity index (χ1) is 8.68. The van der Waals surface area contributed by atoms with Gasteiger partial charge in [-0.1, -0.05) is 0 Å². The van der Waals surface area contributed by atoms with E-state index in [9.17, 15) is 4.79 Å². The molecule has 0 N–H and O–H groups in total. The fourth-order valence-electron chi connectivity index (χ4n) is 1.67. The van der Waals surface area contributed by atoms with Crippen LogP contribution >= 0.6 is 0 Å². The van der Waals surface area contributed by atoms with E-state index >= 15 is 0 Å². The standard InChI is InChI=1S/C12H16N4O2/c1-10(11-4-3-7-18-11)15(2)12(17)5-6-16-9-13-8-14-16/h3-4,7-10H,5-6H2,1-2H3. The third kappa shape index (κ3) is 2.77. The van der Waals surface area contributed by atoms with Gasteiger partial charge in [0.15, 0.2) is 0 Å². The molecule has 2 rings (SSSR count). The highest BCUT2D eigenvalue weighted by Crippen LogP contribution is 2.19. The van der Waals surface area contributed by atoms with Gasteiger partial charge in [-0.2, -0.15) is 5.10 Å². The Hall–Kier alpha value is -2.11. The summed E-state index contributed by atoms with van der Waals surface area (Å²) < 4.78 is 6.94. The highest BCUT2D eigenvalue weighted by atomic mass is 16.3. The molecule has 0 fully saturated rings. The fraction of sp³-hybridized carbons (Fsp3) is 0.417. The average Bonchev–Trinajstić information content (AvgIpc) is 3.06. The van der Waals surface area contributed by atoms with E-state index in [0.29, 0.717) is 13.0 Å². The molecule has 2 aromatic rings. The largest absolute Gasteiger partial charge is 0.467 e. The van der Waals surface area contributed by atoms with Crippen molar-refractivity contribution in [1.29, 1.82) is 0 Å². The van der Waals surface area contributed by atoms with Gasteiger partial charge in [-0.3, -0.25) is 9.48 Å². The lowest BCUT2D eigenvalue weighted by molar-refractivity contribution is -0.132. The van der Waals surface area contributed by atoms with Crippen LogP contribution in [0.25, 0.3) is 0 Å². The van der Waals surface area contributed by atoms with Crippen molar-refractivity contribution in [3.8, 4) is 0 Å². The van der Waals surface area contributed by atoms with Crippen molar-refractivity contribution in [2.45, 2.75) is 25.9 Å². The van der Waals surface area contributed by atoms with Crippen LogP contribution in [0.3, 0.4) is 0 Å². The van der Waals surface area contributed by atoms with Gasteiger partial charge in [0.25, 0.3) is 0 Å². The smallest absolute Gasteiger partial charge is 0.224 e. The first-order valence-electron chi connectivity index (χ1n) is 5.80. The molecule has 6 nitrogen and oxygen atoms in total. The topological polar surface area (TPSA) is 64.2 Å². The predicted molar refractivity (Wildman–Crippen MR) is 64.5 cm³/mol. The minimum atomic E-state index is -0.0664. The summed E-state index contributed by atoms with van der Waals surface area (Å²) >= 11 is 0. The van der Waals surface area contributed by atoms with E-state index in [-0.39, 0.29) is 11.9 Å². The van der Waals surface area contributed by atoms with Gasteiger partial charge in [-0.05, 0) is 19.1 Å². The molecular weight excluding hydrogens is 232 g/mol. The molecular formula is C12H16N4O2. The SMILES string of the molecule is CC(c1ccco1)N(C)C(=O)CCn1cncn1. The fourth-order valence-corrected chi connectivity index (χ4v) is 1.67. The van der Waals surface area contributed by atoms with Gasteiger partial charge in [-0.25, -0.2) is 4.98 Å². The van der Waals surface area contributed by atoms with Gasteiger partial charge in [0, 0.05) is 13.5 Å². The van der Waals surface area contributed by atoms with Gasteiger partial charge in [0.05, 0.1) is 18.8 Å². The van der Waals surface area contributed by atoms with Crippen molar-refractivity contribution in [1.82, 2.24) is 19.7 Å². The second-order valence-electron chi connectivity index (χ2n) is 4.10. The molecule has 6 heteroatoms. The van der Waals surface area contributed by atoms with E-state index in [1.165, 1.54) is 6.33 Å². The van der Waals surface area contributed by atoms with Crippen molar-refractivity contribution < 1.29 is 9.21 Å². The van der Waals surface area contributed by atoms with Crippen LogP contribution in [0, 0.1) is 0 Å². The minimum Gasteiger partial charge on any atom is -0.467 e. The number of hydrogen-bond acceptors (Lipinski definition) is 4. The van der Waals surface area contributed by atoms with Gasteiger partial charge >= 0.3 is 0 Å². The highest BCUT2D eigenvalue weighted by Gasteiger charge is 2.19. The van der Waals surface area contributed by atoms with Gasteiger partial charge in [0.2, 0.25) is 5.91 Å². The van der Waals surface area contributed by atoms with Crippen molar-refractivity contribution in [3.63, 3.8) is 0 Å². The second-order valence-corrected chi connectivity index (χ2v) is 4.10. The second kappa shape index (κ2) is 5.48. The van der Waals surface area contributed by atoms with Crippen molar-refractivity contribution in [2.24, 2.45) is 0 Å². The molecule has 0 aliphatic rings. The zero-order valence-corrected chi connectivity index (χ0v) is 10.5. The molecule has 1 amide bonds. The number of hydrogen-bond donors (Lipinski definition) is 0. The quantitative estimate of drug-likeness (QED) is 0.804. The van der Waals surface area contributed by atoms with Crippen molar-refractivity contribution in [2.75, 3.05) is 7.05 Å². The summed E-state index contributed by atoms with van der Waals surface area (Å²) in [6.45, 7) is 2.47. The summed E-state index contributed by atoms with van der Waals surface area (Å²) in [4.78, 5) is 17.5. The van der Waals surface area contributed by atoms with E-state index < -0.39 is 0 Å². The number of carbonyl (C=O) groups excluding carboxylic acids is 1. The summed E-state index contributed by atoms with van der Waals surface area (Å²) in [6, 6.07) is 3.62. The summed E-state index contributed by atoms with van der Waals surface area (Å²) in [5, 5.41) is 3.96. The maximum atomic E-state index is 12.0. The molecule has 0 saturated heterocycles. The zero-order chi connectivity index (χ0) is 13.0. The maximum absolute atomic E-state index is 12.0. The number of aryl methyl sites for hydroxylation is 1. The number of nitrogens with zero attached hydrogens (tertiary/aromatic N) is 4. The van der Waals surface area contributed by atoms with Crippen LogP contribution in [0.4, 0.5) is 0 Å². The number of aromatic nitrogens is 3. The monoisotopic (exact) mass is 248 g/mol. The van der Waals surface area contributed by atoms with Crippen LogP contribution in [0.2, 0.25) is 0 Å². The Balaban J connectivity index is 1.88. The molecule has 2 heterocycles. The first-order valence-corrected chi connectivity index (χ1v) is 5.80. The van der Waals surface area contributed by atoms with Crippen LogP contribution < -0.4 is 0 Å². The lowest BCUT2D eigenvalue weighted by Crippen LogP contribution is -2.30. The van der Waals surface area contributed by atoms with Gasteiger partial charge in [-0.15, -0.1) is 0 Å². The van der Waals surface area contributed by atoms with Crippen molar-refractivity contribution >= 4 is 5.91 Å². The molecule has 2 aromatic heterocycles. The van der Waals surface area contributed by atoms with E-state index in [1.807, 2.05) is 19.1 Å². The zero-order valence-electron chi connectivity index (χ0n) is 10.5. The molecule has 18 heavy (non-hydrogen) atoms. The minimum absolute atomic E-state index is 0.0504. The molecule has 0 aliphatic heterocycles. The van der Waals surface area contributed by atoms with E-state index in [2.05, 4.69) is 10.1 Å². The van der Waals surface area contributed by atoms with E-state index in [0.717, 1.165) is 5.76 Å². The van der Waals surface area contributed by atoms with Crippen LogP contribution in [-0.2, 0) is 11.3 Å². The average molecular weight is 248 g/mol. The Morgan fingerprint density at radius 3 is 3.06 bits per heavy atom. The van der Waals surface area contributed by atoms with Gasteiger partial charge < -0.3 is 9.32 Å². The Kier molecular flexibility index (Phi) is 3.76. The third-order valence-electron chi connectivity index (χ3n) is 2.95. The maximum Gasteiger partial charge on any atom is 0.224 e. The van der Waals surface area contributed by atoms with Crippen molar-refractivity contribution in [3.05, 3.63) is 36.8 Å². The highest BCUT2D eigenvalue weighted by molar-refractivity contribution is 5.76.